The van der Waals surface area contributed by atoms with E-state index >= 15 is 0 Å². The third kappa shape index (κ3) is 2.34. The van der Waals surface area contributed by atoms with Crippen LogP contribution in [0.15, 0.2) is 41.5 Å². The van der Waals surface area contributed by atoms with Crippen molar-refractivity contribution < 1.29 is 13.2 Å². The monoisotopic (exact) mass is 275 g/mol. The zero-order valence-corrected chi connectivity index (χ0v) is 9.76. The van der Waals surface area contributed by atoms with Crippen LogP contribution in [-0.4, -0.2) is 5.29 Å². The number of halogens is 4. The lowest BCUT2D eigenvalue weighted by atomic mass is 9.94. The van der Waals surface area contributed by atoms with Gasteiger partial charge in [0, 0.05) is 11.8 Å². The molecule has 7 heteroatoms. The number of rotatable bonds is 1. The second-order valence-electron chi connectivity index (χ2n) is 3.75. The van der Waals surface area contributed by atoms with Crippen LogP contribution >= 0.6 is 11.6 Å². The highest BCUT2D eigenvalue weighted by Crippen LogP contribution is 2.37. The predicted molar refractivity (Wildman–Crippen MR) is 62.9 cm³/mol. The molecule has 1 unspecified atom stereocenters. The molecule has 1 aliphatic heterocycles. The summed E-state index contributed by atoms with van der Waals surface area (Å²) in [6.07, 6.45) is -1.81. The smallest absolute Gasteiger partial charge is 0.337 e. The maximum atomic E-state index is 12.9. The Morgan fingerprint density at radius 3 is 2.56 bits per heavy atom. The molecule has 1 aromatic rings. The Bertz CT molecular complexity index is 525. The van der Waals surface area contributed by atoms with Crippen LogP contribution in [0.2, 0.25) is 0 Å². The molecular formula is C11H9ClF3N3. The fourth-order valence-electron chi connectivity index (χ4n) is 1.70. The molecule has 1 heterocycles. The van der Waals surface area contributed by atoms with Crippen molar-refractivity contribution in [3.63, 3.8) is 0 Å². The fraction of sp³-hybridized carbons (Fsp3) is 0.182. The molecule has 0 saturated heterocycles. The summed E-state index contributed by atoms with van der Waals surface area (Å²) in [6, 6.07) is 5.01. The molecule has 0 spiro atoms. The van der Waals surface area contributed by atoms with Crippen molar-refractivity contribution >= 4 is 16.9 Å². The largest absolute Gasteiger partial charge is 0.416 e. The Kier molecular flexibility index (Phi) is 3.08. The van der Waals surface area contributed by atoms with Crippen molar-refractivity contribution in [1.29, 1.82) is 0 Å². The summed E-state index contributed by atoms with van der Waals surface area (Å²) < 4.78 is 38.7. The first kappa shape index (κ1) is 12.9. The van der Waals surface area contributed by atoms with Gasteiger partial charge in [-0.3, -0.25) is 5.73 Å². The van der Waals surface area contributed by atoms with E-state index in [1.165, 1.54) is 30.5 Å². The van der Waals surface area contributed by atoms with Gasteiger partial charge in [0.1, 0.15) is 0 Å². The Morgan fingerprint density at radius 1 is 1.28 bits per heavy atom. The quantitative estimate of drug-likeness (QED) is 0.774. The van der Waals surface area contributed by atoms with Crippen LogP contribution < -0.4 is 11.1 Å². The number of nitrogens with zero attached hydrogens (tertiary/aromatic N) is 1. The van der Waals surface area contributed by atoms with Crippen LogP contribution in [0, 0.1) is 0 Å². The van der Waals surface area contributed by atoms with E-state index in [1.807, 2.05) is 0 Å². The van der Waals surface area contributed by atoms with Crippen molar-refractivity contribution in [3.8, 4) is 0 Å². The van der Waals surface area contributed by atoms with Gasteiger partial charge in [0.25, 0.3) is 0 Å². The summed E-state index contributed by atoms with van der Waals surface area (Å²) in [5.41, 5.74) is 3.28. The van der Waals surface area contributed by atoms with Crippen molar-refractivity contribution in [1.82, 2.24) is 5.32 Å². The fourth-order valence-corrected chi connectivity index (χ4v) is 1.90. The third-order valence-corrected chi connectivity index (χ3v) is 2.68. The second-order valence-corrected chi connectivity index (χ2v) is 4.11. The van der Waals surface area contributed by atoms with Crippen molar-refractivity contribution in [3.05, 3.63) is 47.7 Å². The summed E-state index contributed by atoms with van der Waals surface area (Å²) in [5, 5.41) is 2.48. The van der Waals surface area contributed by atoms with Gasteiger partial charge in [-0.2, -0.15) is 13.2 Å². The number of nitrogens with one attached hydrogen (secondary N) is 1. The van der Waals surface area contributed by atoms with Gasteiger partial charge in [-0.25, -0.2) is 4.99 Å². The molecule has 1 aliphatic rings. The number of hydrogen-bond acceptors (Lipinski definition) is 3. The highest BCUT2D eigenvalue weighted by Gasteiger charge is 2.39. The van der Waals surface area contributed by atoms with Crippen LogP contribution in [-0.2, 0) is 11.8 Å². The van der Waals surface area contributed by atoms with Crippen LogP contribution in [0.3, 0.4) is 0 Å². The molecule has 0 radical (unpaired) electrons. The molecule has 0 saturated carbocycles. The number of nitrogens with two attached hydrogens (primary N) is 1. The molecule has 3 N–H and O–H groups in total. The summed E-state index contributed by atoms with van der Waals surface area (Å²) in [6.45, 7) is 0. The average Bonchev–Trinajstić information content (AvgIpc) is 2.27. The zero-order chi connectivity index (χ0) is 13.4. The third-order valence-electron chi connectivity index (χ3n) is 2.49. The first-order chi connectivity index (χ1) is 8.33. The van der Waals surface area contributed by atoms with Gasteiger partial charge in [0.15, 0.2) is 11.0 Å². The maximum Gasteiger partial charge on any atom is 0.416 e. The summed E-state index contributed by atoms with van der Waals surface area (Å²) >= 11 is 5.64. The topological polar surface area (TPSA) is 50.4 Å². The van der Waals surface area contributed by atoms with Gasteiger partial charge in [0.05, 0.1) is 5.56 Å². The molecule has 0 aromatic heterocycles. The normalized spacial score (nSPS) is 23.5. The molecule has 18 heavy (non-hydrogen) atoms. The molecule has 0 bridgehead atoms. The SMILES string of the molecule is NC1(c2ccccc2C(F)(F)F)C=CNC(Cl)=N1. The van der Waals surface area contributed by atoms with E-state index in [9.17, 15) is 13.2 Å². The lowest BCUT2D eigenvalue weighted by molar-refractivity contribution is -0.138. The molecular weight excluding hydrogens is 267 g/mol. The van der Waals surface area contributed by atoms with Crippen LogP contribution in [0.1, 0.15) is 11.1 Å². The van der Waals surface area contributed by atoms with E-state index in [0.717, 1.165) is 6.07 Å². The van der Waals surface area contributed by atoms with E-state index in [-0.39, 0.29) is 10.9 Å². The van der Waals surface area contributed by atoms with Crippen LogP contribution in [0.5, 0.6) is 0 Å². The van der Waals surface area contributed by atoms with E-state index in [1.54, 1.807) is 0 Å². The Hall–Kier alpha value is -1.53. The number of amidine groups is 1. The Balaban J connectivity index is 2.58. The van der Waals surface area contributed by atoms with Gasteiger partial charge >= 0.3 is 6.18 Å². The number of hydrogen-bond donors (Lipinski definition) is 2. The highest BCUT2D eigenvalue weighted by atomic mass is 35.5. The standard InChI is InChI=1S/C11H9ClF3N3/c12-9-17-6-5-10(16,18-9)7-3-1-2-4-8(7)11(13,14)15/h1-6H,16H2,(H,17,18). The minimum absolute atomic E-state index is 0.0584. The minimum Gasteiger partial charge on any atom is -0.337 e. The lowest BCUT2D eigenvalue weighted by Crippen LogP contribution is -2.39. The molecule has 1 atom stereocenters. The summed E-state index contributed by atoms with van der Waals surface area (Å²) in [5.74, 6) is 0. The van der Waals surface area contributed by atoms with Gasteiger partial charge in [-0.15, -0.1) is 0 Å². The summed E-state index contributed by atoms with van der Waals surface area (Å²) in [4.78, 5) is 3.82. The van der Waals surface area contributed by atoms with Gasteiger partial charge < -0.3 is 5.32 Å². The van der Waals surface area contributed by atoms with Crippen LogP contribution in [0.4, 0.5) is 13.2 Å². The number of aliphatic imine (C=N–C) groups is 1. The van der Waals surface area contributed by atoms with Gasteiger partial charge in [-0.1, -0.05) is 18.2 Å². The van der Waals surface area contributed by atoms with E-state index in [4.69, 9.17) is 17.3 Å². The molecule has 3 nitrogen and oxygen atoms in total. The molecule has 2 rings (SSSR count). The Labute approximate surface area is 106 Å². The first-order valence-electron chi connectivity index (χ1n) is 4.98. The van der Waals surface area contributed by atoms with E-state index in [0.29, 0.717) is 0 Å². The molecule has 0 amide bonds. The first-order valence-corrected chi connectivity index (χ1v) is 5.36. The van der Waals surface area contributed by atoms with Crippen molar-refractivity contribution in [2.75, 3.05) is 0 Å². The Morgan fingerprint density at radius 2 is 1.94 bits per heavy atom. The van der Waals surface area contributed by atoms with Crippen molar-refractivity contribution in [2.24, 2.45) is 10.7 Å². The lowest BCUT2D eigenvalue weighted by Gasteiger charge is -2.27. The average molecular weight is 276 g/mol. The molecule has 0 aliphatic carbocycles. The molecule has 1 aromatic carbocycles. The summed E-state index contributed by atoms with van der Waals surface area (Å²) in [7, 11) is 0. The zero-order valence-electron chi connectivity index (χ0n) is 9.00. The van der Waals surface area contributed by atoms with Gasteiger partial charge in [-0.05, 0) is 23.7 Å². The highest BCUT2D eigenvalue weighted by molar-refractivity contribution is 6.64. The maximum absolute atomic E-state index is 12.9. The van der Waals surface area contributed by atoms with Crippen LogP contribution in [0.25, 0.3) is 0 Å². The minimum atomic E-state index is -4.50. The van der Waals surface area contributed by atoms with E-state index < -0.39 is 17.4 Å². The molecule has 0 fully saturated rings. The van der Waals surface area contributed by atoms with Gasteiger partial charge in [0.2, 0.25) is 0 Å². The predicted octanol–water partition coefficient (Wildman–Crippen LogP) is 2.53. The van der Waals surface area contributed by atoms with Crippen molar-refractivity contribution in [2.45, 2.75) is 11.8 Å². The number of alkyl halides is 3. The van der Waals surface area contributed by atoms with E-state index in [2.05, 4.69) is 10.3 Å². The second kappa shape index (κ2) is 4.29. The number of benzene rings is 1. The molecule has 96 valence electrons.